The van der Waals surface area contributed by atoms with E-state index in [4.69, 9.17) is 16.9 Å². The quantitative estimate of drug-likeness (QED) is 0.381. The highest BCUT2D eigenvalue weighted by atomic mass is 35.5. The number of aromatic amines is 1. The van der Waals surface area contributed by atoms with E-state index in [2.05, 4.69) is 39.7 Å². The van der Waals surface area contributed by atoms with E-state index in [-0.39, 0.29) is 5.91 Å². The standard InChI is InChI=1S/C23H23ClN6O/c1-3-15(2)14-26-23(28-22(31)18-6-4-5-16(11-18)13-25)27-21-12-20(29-30-21)17-7-9-19(24)10-8-17/h4-12,15H,3,14H2,1-2H3,(H3,26,27,28,29,30,31). The third kappa shape index (κ3) is 6.17. The molecule has 3 rings (SSSR count). The van der Waals surface area contributed by atoms with Crippen LogP contribution >= 0.6 is 11.6 Å². The predicted octanol–water partition coefficient (Wildman–Crippen LogP) is 4.85. The van der Waals surface area contributed by atoms with Crippen molar-refractivity contribution in [2.24, 2.45) is 10.9 Å². The second-order valence-corrected chi connectivity index (χ2v) is 7.58. The van der Waals surface area contributed by atoms with Gasteiger partial charge in [-0.15, -0.1) is 0 Å². The number of hydrogen-bond donors (Lipinski definition) is 3. The van der Waals surface area contributed by atoms with Gasteiger partial charge >= 0.3 is 0 Å². The summed E-state index contributed by atoms with van der Waals surface area (Å²) in [6.45, 7) is 4.73. The SMILES string of the molecule is CCC(C)CN=C(NC(=O)c1cccc(C#N)c1)Nc1cc(-c2ccc(Cl)cc2)[nH]n1. The molecule has 158 valence electrons. The fraction of sp³-hybridized carbons (Fsp3) is 0.217. The van der Waals surface area contributed by atoms with Crippen molar-refractivity contribution in [1.82, 2.24) is 15.5 Å². The van der Waals surface area contributed by atoms with Gasteiger partial charge in [-0.25, -0.2) is 0 Å². The molecular weight excluding hydrogens is 412 g/mol. The molecule has 7 nitrogen and oxygen atoms in total. The van der Waals surface area contributed by atoms with Crippen LogP contribution in [-0.2, 0) is 0 Å². The molecular formula is C23H23ClN6O. The molecule has 3 aromatic rings. The first kappa shape index (κ1) is 22.1. The molecule has 0 aliphatic heterocycles. The monoisotopic (exact) mass is 434 g/mol. The van der Waals surface area contributed by atoms with E-state index in [1.165, 1.54) is 6.07 Å². The second-order valence-electron chi connectivity index (χ2n) is 7.15. The number of guanidine groups is 1. The Hall–Kier alpha value is -3.63. The van der Waals surface area contributed by atoms with Crippen LogP contribution in [0, 0.1) is 17.2 Å². The Bertz CT molecular complexity index is 1110. The van der Waals surface area contributed by atoms with Gasteiger partial charge in [-0.3, -0.25) is 20.2 Å². The highest BCUT2D eigenvalue weighted by molar-refractivity contribution is 6.30. The molecule has 3 N–H and O–H groups in total. The zero-order valence-electron chi connectivity index (χ0n) is 17.3. The topological polar surface area (TPSA) is 106 Å². The van der Waals surface area contributed by atoms with Gasteiger partial charge in [-0.05, 0) is 41.8 Å². The van der Waals surface area contributed by atoms with E-state index in [1.807, 2.05) is 24.3 Å². The van der Waals surface area contributed by atoms with Crippen LogP contribution in [0.25, 0.3) is 11.3 Å². The molecule has 0 saturated carbocycles. The average molecular weight is 435 g/mol. The van der Waals surface area contributed by atoms with Gasteiger partial charge in [-0.2, -0.15) is 10.4 Å². The molecule has 1 heterocycles. The summed E-state index contributed by atoms with van der Waals surface area (Å²) in [4.78, 5) is 17.2. The van der Waals surface area contributed by atoms with Crippen LogP contribution in [0.3, 0.4) is 0 Å². The molecule has 1 atom stereocenters. The van der Waals surface area contributed by atoms with Crippen molar-refractivity contribution in [2.45, 2.75) is 20.3 Å². The Morgan fingerprint density at radius 2 is 2.03 bits per heavy atom. The first-order valence-corrected chi connectivity index (χ1v) is 10.3. The number of halogens is 1. The third-order valence-corrected chi connectivity index (χ3v) is 4.98. The maximum atomic E-state index is 12.7. The van der Waals surface area contributed by atoms with Crippen LogP contribution in [0.5, 0.6) is 0 Å². The molecule has 31 heavy (non-hydrogen) atoms. The van der Waals surface area contributed by atoms with E-state index in [0.717, 1.165) is 17.7 Å². The summed E-state index contributed by atoms with van der Waals surface area (Å²) >= 11 is 5.95. The predicted molar refractivity (Wildman–Crippen MR) is 123 cm³/mol. The van der Waals surface area contributed by atoms with E-state index in [0.29, 0.717) is 40.4 Å². The molecule has 1 unspecified atom stereocenters. The van der Waals surface area contributed by atoms with Gasteiger partial charge in [0, 0.05) is 23.2 Å². The normalized spacial score (nSPS) is 12.1. The lowest BCUT2D eigenvalue weighted by Crippen LogP contribution is -2.36. The summed E-state index contributed by atoms with van der Waals surface area (Å²) in [5.74, 6) is 0.807. The summed E-state index contributed by atoms with van der Waals surface area (Å²) in [6, 6.07) is 17.8. The third-order valence-electron chi connectivity index (χ3n) is 4.72. The van der Waals surface area contributed by atoms with Crippen molar-refractivity contribution < 1.29 is 4.79 Å². The van der Waals surface area contributed by atoms with Gasteiger partial charge in [-0.1, -0.05) is 50.1 Å². The summed E-state index contributed by atoms with van der Waals surface area (Å²) in [6.07, 6.45) is 0.970. The van der Waals surface area contributed by atoms with Gasteiger partial charge < -0.3 is 5.32 Å². The van der Waals surface area contributed by atoms with Crippen LogP contribution in [0.4, 0.5) is 5.82 Å². The number of amides is 1. The number of hydrogen-bond acceptors (Lipinski definition) is 4. The van der Waals surface area contributed by atoms with Crippen molar-refractivity contribution in [3.05, 3.63) is 70.7 Å². The van der Waals surface area contributed by atoms with E-state index in [9.17, 15) is 4.79 Å². The highest BCUT2D eigenvalue weighted by Crippen LogP contribution is 2.21. The van der Waals surface area contributed by atoms with Crippen molar-refractivity contribution in [1.29, 1.82) is 5.26 Å². The van der Waals surface area contributed by atoms with Crippen LogP contribution in [0.15, 0.2) is 59.6 Å². The minimum atomic E-state index is -0.360. The van der Waals surface area contributed by atoms with Crippen molar-refractivity contribution >= 4 is 29.3 Å². The summed E-state index contributed by atoms with van der Waals surface area (Å²) in [5.41, 5.74) is 2.52. The zero-order valence-corrected chi connectivity index (χ0v) is 18.1. The highest BCUT2D eigenvalue weighted by Gasteiger charge is 2.12. The minimum Gasteiger partial charge on any atom is -0.309 e. The Balaban J connectivity index is 1.78. The van der Waals surface area contributed by atoms with Crippen LogP contribution in [-0.4, -0.2) is 28.6 Å². The maximum absolute atomic E-state index is 12.7. The van der Waals surface area contributed by atoms with Gasteiger partial charge in [0.2, 0.25) is 5.96 Å². The number of carbonyl (C=O) groups is 1. The lowest BCUT2D eigenvalue weighted by molar-refractivity contribution is 0.0977. The first-order valence-electron chi connectivity index (χ1n) is 9.92. The number of anilines is 1. The smallest absolute Gasteiger partial charge is 0.258 e. The molecule has 0 spiro atoms. The Labute approximate surface area is 186 Å². The molecule has 1 aromatic heterocycles. The number of rotatable bonds is 6. The number of aliphatic imine (C=N–C) groups is 1. The van der Waals surface area contributed by atoms with Crippen molar-refractivity contribution in [2.75, 3.05) is 11.9 Å². The first-order chi connectivity index (χ1) is 15.0. The van der Waals surface area contributed by atoms with Gasteiger partial charge in [0.15, 0.2) is 5.82 Å². The van der Waals surface area contributed by atoms with Crippen LogP contribution < -0.4 is 10.6 Å². The molecule has 2 aromatic carbocycles. The number of carbonyl (C=O) groups excluding carboxylic acids is 1. The minimum absolute atomic E-state index is 0.293. The van der Waals surface area contributed by atoms with Crippen molar-refractivity contribution in [3.8, 4) is 17.3 Å². The number of aromatic nitrogens is 2. The molecule has 0 saturated heterocycles. The Morgan fingerprint density at radius 1 is 1.26 bits per heavy atom. The number of benzene rings is 2. The Morgan fingerprint density at radius 3 is 2.74 bits per heavy atom. The largest absolute Gasteiger partial charge is 0.309 e. The lowest BCUT2D eigenvalue weighted by atomic mass is 10.1. The maximum Gasteiger partial charge on any atom is 0.258 e. The fourth-order valence-electron chi connectivity index (χ4n) is 2.68. The number of H-pyrrole nitrogens is 1. The van der Waals surface area contributed by atoms with Gasteiger partial charge in [0.25, 0.3) is 5.91 Å². The number of nitriles is 1. The van der Waals surface area contributed by atoms with E-state index >= 15 is 0 Å². The van der Waals surface area contributed by atoms with E-state index in [1.54, 1.807) is 30.3 Å². The number of nitrogens with zero attached hydrogens (tertiary/aromatic N) is 3. The molecule has 1 amide bonds. The number of nitrogens with one attached hydrogen (secondary N) is 3. The lowest BCUT2D eigenvalue weighted by Gasteiger charge is -2.11. The molecule has 8 heteroatoms. The molecule has 0 aliphatic rings. The summed E-state index contributed by atoms with van der Waals surface area (Å²) in [7, 11) is 0. The molecule has 0 fully saturated rings. The molecule has 0 aliphatic carbocycles. The summed E-state index contributed by atoms with van der Waals surface area (Å²) in [5, 5.41) is 22.8. The van der Waals surface area contributed by atoms with Crippen LogP contribution in [0.2, 0.25) is 5.02 Å². The molecule has 0 radical (unpaired) electrons. The van der Waals surface area contributed by atoms with E-state index < -0.39 is 0 Å². The molecule has 0 bridgehead atoms. The van der Waals surface area contributed by atoms with Gasteiger partial charge in [0.1, 0.15) is 0 Å². The van der Waals surface area contributed by atoms with Gasteiger partial charge in [0.05, 0.1) is 17.3 Å². The second kappa shape index (κ2) is 10.4. The zero-order chi connectivity index (χ0) is 22.2. The average Bonchev–Trinajstić information content (AvgIpc) is 3.26. The van der Waals surface area contributed by atoms with Crippen LogP contribution in [0.1, 0.15) is 36.2 Å². The van der Waals surface area contributed by atoms with Crippen molar-refractivity contribution in [3.63, 3.8) is 0 Å². The fourth-order valence-corrected chi connectivity index (χ4v) is 2.81. The Kier molecular flexibility index (Phi) is 7.41. The summed E-state index contributed by atoms with van der Waals surface area (Å²) < 4.78 is 0.